The van der Waals surface area contributed by atoms with Crippen molar-refractivity contribution in [3.8, 4) is 0 Å². The van der Waals surface area contributed by atoms with E-state index in [4.69, 9.17) is 11.6 Å². The molecule has 10 heteroatoms. The van der Waals surface area contributed by atoms with Gasteiger partial charge in [0.15, 0.2) is 10.7 Å². The molecule has 1 aromatic rings. The van der Waals surface area contributed by atoms with Crippen LogP contribution in [0.25, 0.3) is 0 Å². The van der Waals surface area contributed by atoms with Crippen LogP contribution in [0.15, 0.2) is 0 Å². The minimum Gasteiger partial charge on any atom is -0.275 e. The fourth-order valence-electron chi connectivity index (χ4n) is 0.767. The highest BCUT2D eigenvalue weighted by molar-refractivity contribution is 7.15. The van der Waals surface area contributed by atoms with Gasteiger partial charge in [0.1, 0.15) is 4.88 Å². The zero-order chi connectivity index (χ0) is 12.7. The van der Waals surface area contributed by atoms with Gasteiger partial charge in [0.2, 0.25) is 0 Å². The van der Waals surface area contributed by atoms with Gasteiger partial charge in [-0.2, -0.15) is 26.3 Å². The first-order valence-electron chi connectivity index (χ1n) is 3.38. The fourth-order valence-corrected chi connectivity index (χ4v) is 1.76. The third kappa shape index (κ3) is 2.64. The van der Waals surface area contributed by atoms with E-state index in [-0.39, 0.29) is 0 Å². The minimum absolute atomic E-state index is 0.436. The molecule has 0 aromatic carbocycles. The van der Waals surface area contributed by atoms with Gasteiger partial charge in [0.05, 0.1) is 0 Å². The van der Waals surface area contributed by atoms with Crippen LogP contribution in [0.1, 0.15) is 20.4 Å². The van der Waals surface area contributed by atoms with Crippen molar-refractivity contribution in [3.05, 3.63) is 15.6 Å². The molecule has 1 aromatic heterocycles. The average Bonchev–Trinajstić information content (AvgIpc) is 2.44. The molecule has 1 rings (SSSR count). The van der Waals surface area contributed by atoms with Crippen LogP contribution in [0.3, 0.4) is 0 Å². The lowest BCUT2D eigenvalue weighted by molar-refractivity contribution is -0.146. The maximum atomic E-state index is 12.2. The van der Waals surface area contributed by atoms with Gasteiger partial charge in [-0.1, -0.05) is 0 Å². The Labute approximate surface area is 92.8 Å². The summed E-state index contributed by atoms with van der Waals surface area (Å²) in [5.41, 5.74) is -1.91. The van der Waals surface area contributed by atoms with Crippen LogP contribution in [0.2, 0.25) is 0 Å². The van der Waals surface area contributed by atoms with Crippen LogP contribution in [-0.4, -0.2) is 10.2 Å². The maximum absolute atomic E-state index is 12.2. The standard InChI is InChI=1S/C6ClF6NOS/c7-3(15)1-2(5(8,9)10)14-4(16-1)6(11,12)13. The number of carbonyl (C=O) groups excluding carboxylic acids is 1. The lowest BCUT2D eigenvalue weighted by Crippen LogP contribution is -2.11. The molecule has 0 bridgehead atoms. The summed E-state index contributed by atoms with van der Waals surface area (Å²) >= 11 is 4.31. The molecule has 0 saturated heterocycles. The molecule has 0 spiro atoms. The number of rotatable bonds is 1. The Hall–Kier alpha value is -0.830. The van der Waals surface area contributed by atoms with Gasteiger partial charge in [-0.3, -0.25) is 4.79 Å². The third-order valence-corrected chi connectivity index (χ3v) is 2.72. The Balaban J connectivity index is 3.38. The number of halogens is 7. The van der Waals surface area contributed by atoms with E-state index in [1.165, 1.54) is 0 Å². The normalized spacial score (nSPS) is 12.9. The molecule has 2 nitrogen and oxygen atoms in total. The molecule has 0 aliphatic carbocycles. The van der Waals surface area contributed by atoms with Gasteiger partial charge in [-0.05, 0) is 11.6 Å². The summed E-state index contributed by atoms with van der Waals surface area (Å²) in [5, 5.41) is -3.39. The summed E-state index contributed by atoms with van der Waals surface area (Å²) in [6.07, 6.45) is -10.2. The minimum atomic E-state index is -5.15. The molecule has 0 unspecified atom stereocenters. The Bertz CT molecular complexity index is 422. The van der Waals surface area contributed by atoms with Gasteiger partial charge in [0.25, 0.3) is 5.24 Å². The zero-order valence-electron chi connectivity index (χ0n) is 6.91. The summed E-state index contributed by atoms with van der Waals surface area (Å²) in [6, 6.07) is 0. The lowest BCUT2D eigenvalue weighted by Gasteiger charge is -2.03. The number of aromatic nitrogens is 1. The number of alkyl halides is 6. The highest BCUT2D eigenvalue weighted by Gasteiger charge is 2.44. The Morgan fingerprint density at radius 1 is 1.12 bits per heavy atom. The van der Waals surface area contributed by atoms with Crippen molar-refractivity contribution in [2.24, 2.45) is 0 Å². The number of hydrogen-bond acceptors (Lipinski definition) is 3. The van der Waals surface area contributed by atoms with E-state index in [0.29, 0.717) is 0 Å². The summed E-state index contributed by atoms with van der Waals surface area (Å²) in [5.74, 6) is 0. The van der Waals surface area contributed by atoms with E-state index >= 15 is 0 Å². The first-order chi connectivity index (χ1) is 7.03. The van der Waals surface area contributed by atoms with Gasteiger partial charge in [-0.25, -0.2) is 4.98 Å². The molecule has 0 N–H and O–H groups in total. The smallest absolute Gasteiger partial charge is 0.275 e. The van der Waals surface area contributed by atoms with Crippen LogP contribution in [0.4, 0.5) is 26.3 Å². The van der Waals surface area contributed by atoms with Crippen LogP contribution < -0.4 is 0 Å². The number of carbonyl (C=O) groups is 1. The van der Waals surface area contributed by atoms with Crippen LogP contribution in [-0.2, 0) is 12.4 Å². The monoisotopic (exact) mass is 283 g/mol. The van der Waals surface area contributed by atoms with Gasteiger partial charge in [-0.15, -0.1) is 11.3 Å². The predicted molar refractivity (Wildman–Crippen MR) is 42.3 cm³/mol. The summed E-state index contributed by atoms with van der Waals surface area (Å²) in [4.78, 5) is 11.6. The third-order valence-electron chi connectivity index (χ3n) is 1.32. The van der Waals surface area contributed by atoms with Crippen molar-refractivity contribution in [3.63, 3.8) is 0 Å². The number of thiazole rings is 1. The zero-order valence-corrected chi connectivity index (χ0v) is 8.48. The van der Waals surface area contributed by atoms with E-state index in [0.717, 1.165) is 0 Å². The van der Waals surface area contributed by atoms with E-state index in [1.807, 2.05) is 0 Å². The first kappa shape index (κ1) is 13.2. The predicted octanol–water partition coefficient (Wildman–Crippen LogP) is 3.56. The second-order valence-corrected chi connectivity index (χ2v) is 3.81. The van der Waals surface area contributed by atoms with Crippen molar-refractivity contribution in [2.45, 2.75) is 12.4 Å². The number of nitrogens with zero attached hydrogens (tertiary/aromatic N) is 1. The van der Waals surface area contributed by atoms with Crippen molar-refractivity contribution in [2.75, 3.05) is 0 Å². The maximum Gasteiger partial charge on any atom is 0.443 e. The molecule has 16 heavy (non-hydrogen) atoms. The quantitative estimate of drug-likeness (QED) is 0.583. The summed E-state index contributed by atoms with van der Waals surface area (Å²) in [7, 11) is 0. The van der Waals surface area contributed by atoms with E-state index in [2.05, 4.69) is 4.98 Å². The van der Waals surface area contributed by atoms with Crippen LogP contribution in [0, 0.1) is 0 Å². The second-order valence-electron chi connectivity index (χ2n) is 2.47. The molecule has 0 saturated carbocycles. The van der Waals surface area contributed by atoms with Gasteiger partial charge >= 0.3 is 12.4 Å². The second kappa shape index (κ2) is 3.88. The van der Waals surface area contributed by atoms with Crippen molar-refractivity contribution >= 4 is 28.2 Å². The molecule has 1 heterocycles. The Morgan fingerprint density at radius 2 is 1.62 bits per heavy atom. The average molecular weight is 284 g/mol. The van der Waals surface area contributed by atoms with E-state index < -0.39 is 44.5 Å². The van der Waals surface area contributed by atoms with Gasteiger partial charge in [0, 0.05) is 0 Å². The molecule has 0 radical (unpaired) electrons. The van der Waals surface area contributed by atoms with Gasteiger partial charge < -0.3 is 0 Å². The summed E-state index contributed by atoms with van der Waals surface area (Å²) < 4.78 is 72.7. The molecular formula is C6ClF6NOS. The summed E-state index contributed by atoms with van der Waals surface area (Å²) in [6.45, 7) is 0. The largest absolute Gasteiger partial charge is 0.443 e. The van der Waals surface area contributed by atoms with Crippen molar-refractivity contribution in [1.82, 2.24) is 4.98 Å². The van der Waals surface area contributed by atoms with E-state index in [1.54, 1.807) is 0 Å². The molecule has 0 aliphatic heterocycles. The molecule has 0 amide bonds. The fraction of sp³-hybridized carbons (Fsp3) is 0.333. The Kier molecular flexibility index (Phi) is 3.21. The molecule has 0 atom stereocenters. The van der Waals surface area contributed by atoms with Crippen molar-refractivity contribution < 1.29 is 31.1 Å². The van der Waals surface area contributed by atoms with Crippen LogP contribution in [0.5, 0.6) is 0 Å². The molecule has 0 fully saturated rings. The molecular weight excluding hydrogens is 284 g/mol. The highest BCUT2D eigenvalue weighted by atomic mass is 35.5. The van der Waals surface area contributed by atoms with E-state index in [9.17, 15) is 31.1 Å². The first-order valence-corrected chi connectivity index (χ1v) is 4.58. The SMILES string of the molecule is O=C(Cl)c1sc(C(F)(F)F)nc1C(F)(F)F. The van der Waals surface area contributed by atoms with Crippen molar-refractivity contribution in [1.29, 1.82) is 0 Å². The lowest BCUT2D eigenvalue weighted by atomic mass is 10.4. The topological polar surface area (TPSA) is 30.0 Å². The molecule has 0 aliphatic rings. The highest BCUT2D eigenvalue weighted by Crippen LogP contribution is 2.40. The van der Waals surface area contributed by atoms with Crippen LogP contribution >= 0.6 is 22.9 Å². The number of hydrogen-bond donors (Lipinski definition) is 0. The molecule has 90 valence electrons. The Morgan fingerprint density at radius 3 is 1.88 bits per heavy atom.